The molecule has 0 fully saturated rings. The zero-order chi connectivity index (χ0) is 14.6. The fraction of sp³-hybridized carbons (Fsp3) is 0.625. The number of Topliss-reactive ketones (excluding diaryl/α,β-unsaturated/α-hetero) is 2. The van der Waals surface area contributed by atoms with Crippen molar-refractivity contribution in [3.63, 3.8) is 0 Å². The van der Waals surface area contributed by atoms with Crippen LogP contribution in [0.1, 0.15) is 53.4 Å². The van der Waals surface area contributed by atoms with Crippen LogP contribution in [0, 0.1) is 0 Å². The molecule has 3 heteroatoms. The van der Waals surface area contributed by atoms with Gasteiger partial charge in [0.1, 0.15) is 5.78 Å². The molecule has 1 aliphatic carbocycles. The van der Waals surface area contributed by atoms with Gasteiger partial charge in [0.05, 0.1) is 6.54 Å². The van der Waals surface area contributed by atoms with Gasteiger partial charge in [-0.05, 0) is 52.0 Å². The van der Waals surface area contributed by atoms with E-state index in [1.807, 2.05) is 18.9 Å². The van der Waals surface area contributed by atoms with Crippen LogP contribution in [0.3, 0.4) is 0 Å². The van der Waals surface area contributed by atoms with E-state index in [0.717, 1.165) is 42.4 Å². The molecule has 0 saturated carbocycles. The van der Waals surface area contributed by atoms with E-state index in [1.54, 1.807) is 13.8 Å². The van der Waals surface area contributed by atoms with Crippen LogP contribution in [0.5, 0.6) is 0 Å². The molecule has 0 radical (unpaired) electrons. The van der Waals surface area contributed by atoms with Crippen molar-refractivity contribution >= 4 is 11.6 Å². The minimum absolute atomic E-state index is 0.143. The zero-order valence-electron chi connectivity index (χ0n) is 12.8. The molecule has 0 aromatic rings. The topological polar surface area (TPSA) is 37.4 Å². The van der Waals surface area contributed by atoms with Gasteiger partial charge in [-0.3, -0.25) is 9.59 Å². The van der Waals surface area contributed by atoms with Crippen LogP contribution < -0.4 is 0 Å². The van der Waals surface area contributed by atoms with E-state index in [4.69, 9.17) is 0 Å². The van der Waals surface area contributed by atoms with Crippen molar-refractivity contribution in [2.45, 2.75) is 53.4 Å². The van der Waals surface area contributed by atoms with E-state index in [9.17, 15) is 9.59 Å². The number of carbonyl (C=O) groups is 2. The van der Waals surface area contributed by atoms with Crippen LogP contribution in [0.4, 0.5) is 0 Å². The molecule has 0 aliphatic heterocycles. The number of hydrogen-bond donors (Lipinski definition) is 0. The average molecular weight is 263 g/mol. The number of rotatable bonds is 6. The van der Waals surface area contributed by atoms with Crippen molar-refractivity contribution < 1.29 is 9.59 Å². The Labute approximate surface area is 116 Å². The first kappa shape index (κ1) is 15.7. The minimum Gasteiger partial charge on any atom is -0.370 e. The van der Waals surface area contributed by atoms with E-state index in [1.165, 1.54) is 5.70 Å². The molecule has 1 aliphatic rings. The second-order valence-electron chi connectivity index (χ2n) is 5.40. The van der Waals surface area contributed by atoms with Crippen LogP contribution in [0.15, 0.2) is 22.4 Å². The van der Waals surface area contributed by atoms with Crippen LogP contribution in [-0.4, -0.2) is 30.1 Å². The molecular formula is C16H25NO2. The van der Waals surface area contributed by atoms with E-state index < -0.39 is 0 Å². The maximum atomic E-state index is 11.9. The normalized spacial score (nSPS) is 16.5. The monoisotopic (exact) mass is 263 g/mol. The van der Waals surface area contributed by atoms with Crippen molar-refractivity contribution in [1.29, 1.82) is 0 Å². The average Bonchev–Trinajstić information content (AvgIpc) is 2.76. The predicted octanol–water partition coefficient (Wildman–Crippen LogP) is 3.26. The summed E-state index contributed by atoms with van der Waals surface area (Å²) in [6.07, 6.45) is 3.87. The second-order valence-corrected chi connectivity index (χ2v) is 5.40. The summed E-state index contributed by atoms with van der Waals surface area (Å²) >= 11 is 0. The third kappa shape index (κ3) is 3.79. The summed E-state index contributed by atoms with van der Waals surface area (Å²) in [6.45, 7) is 7.78. The largest absolute Gasteiger partial charge is 0.370 e. The molecule has 0 N–H and O–H groups in total. The number of hydrogen-bond acceptors (Lipinski definition) is 3. The first-order valence-corrected chi connectivity index (χ1v) is 7.02. The van der Waals surface area contributed by atoms with E-state index >= 15 is 0 Å². The summed E-state index contributed by atoms with van der Waals surface area (Å²) in [6, 6.07) is 0. The maximum Gasteiger partial charge on any atom is 0.160 e. The van der Waals surface area contributed by atoms with Crippen molar-refractivity contribution in [2.24, 2.45) is 0 Å². The molecule has 0 aromatic heterocycles. The van der Waals surface area contributed by atoms with Crippen LogP contribution in [-0.2, 0) is 9.59 Å². The lowest BCUT2D eigenvalue weighted by Crippen LogP contribution is -2.24. The van der Waals surface area contributed by atoms with Gasteiger partial charge in [-0.15, -0.1) is 0 Å². The van der Waals surface area contributed by atoms with Crippen LogP contribution in [0.25, 0.3) is 0 Å². The lowest BCUT2D eigenvalue weighted by molar-refractivity contribution is -0.117. The predicted molar refractivity (Wildman–Crippen MR) is 77.9 cm³/mol. The first-order valence-electron chi connectivity index (χ1n) is 7.02. The molecule has 19 heavy (non-hydrogen) atoms. The fourth-order valence-corrected chi connectivity index (χ4v) is 2.80. The highest BCUT2D eigenvalue weighted by molar-refractivity contribution is 5.98. The molecular weight excluding hydrogens is 238 g/mol. The summed E-state index contributed by atoms with van der Waals surface area (Å²) in [5.74, 6) is 0.298. The molecule has 106 valence electrons. The van der Waals surface area contributed by atoms with Crippen molar-refractivity contribution in [3.8, 4) is 0 Å². The van der Waals surface area contributed by atoms with Gasteiger partial charge >= 0.3 is 0 Å². The van der Waals surface area contributed by atoms with E-state index in [0.29, 0.717) is 6.54 Å². The quantitative estimate of drug-likeness (QED) is 0.690. The number of allylic oxidation sites excluding steroid dienone is 4. The number of carbonyl (C=O) groups excluding carboxylic acids is 2. The van der Waals surface area contributed by atoms with Gasteiger partial charge in [0.2, 0.25) is 0 Å². The Hall–Kier alpha value is -1.38. The van der Waals surface area contributed by atoms with Gasteiger partial charge in [-0.2, -0.15) is 0 Å². The molecule has 0 saturated heterocycles. The summed E-state index contributed by atoms with van der Waals surface area (Å²) in [7, 11) is 1.95. The van der Waals surface area contributed by atoms with Crippen LogP contribution >= 0.6 is 0 Å². The molecule has 0 unspecified atom stereocenters. The van der Waals surface area contributed by atoms with Gasteiger partial charge in [0, 0.05) is 18.3 Å². The van der Waals surface area contributed by atoms with Gasteiger partial charge < -0.3 is 4.90 Å². The van der Waals surface area contributed by atoms with Gasteiger partial charge in [0.25, 0.3) is 0 Å². The molecule has 0 atom stereocenters. The number of ketones is 2. The Morgan fingerprint density at radius 1 is 1.16 bits per heavy atom. The summed E-state index contributed by atoms with van der Waals surface area (Å²) in [5, 5.41) is 0. The zero-order valence-corrected chi connectivity index (χ0v) is 12.8. The Morgan fingerprint density at radius 2 is 1.79 bits per heavy atom. The SMILES string of the molecule is CCC(C)=C(C(C)=O)C1=C(N(C)CC(C)=O)CCC1. The summed E-state index contributed by atoms with van der Waals surface area (Å²) in [4.78, 5) is 25.2. The van der Waals surface area contributed by atoms with Crippen molar-refractivity contribution in [2.75, 3.05) is 13.6 Å². The summed E-state index contributed by atoms with van der Waals surface area (Å²) in [5.41, 5.74) is 4.38. The second kappa shape index (κ2) is 6.69. The molecule has 1 rings (SSSR count). The van der Waals surface area contributed by atoms with E-state index in [2.05, 4.69) is 6.92 Å². The number of nitrogens with zero attached hydrogens (tertiary/aromatic N) is 1. The highest BCUT2D eigenvalue weighted by atomic mass is 16.1. The van der Waals surface area contributed by atoms with Gasteiger partial charge in [-0.1, -0.05) is 12.5 Å². The molecule has 0 bridgehead atoms. The standard InChI is InChI=1S/C16H25NO2/c1-6-11(2)16(13(4)19)14-8-7-9-15(14)17(5)10-12(3)18/h6-10H2,1-5H3. The lowest BCUT2D eigenvalue weighted by Gasteiger charge is -2.22. The third-order valence-corrected chi connectivity index (χ3v) is 3.72. The fourth-order valence-electron chi connectivity index (χ4n) is 2.80. The highest BCUT2D eigenvalue weighted by Gasteiger charge is 2.24. The smallest absolute Gasteiger partial charge is 0.160 e. The molecule has 0 amide bonds. The van der Waals surface area contributed by atoms with Gasteiger partial charge in [0.15, 0.2) is 5.78 Å². The van der Waals surface area contributed by atoms with Gasteiger partial charge in [-0.25, -0.2) is 0 Å². The maximum absolute atomic E-state index is 11.9. The molecule has 3 nitrogen and oxygen atoms in total. The Kier molecular flexibility index (Phi) is 5.52. The third-order valence-electron chi connectivity index (χ3n) is 3.72. The molecule has 0 spiro atoms. The Bertz CT molecular complexity index is 444. The molecule has 0 heterocycles. The lowest BCUT2D eigenvalue weighted by atomic mass is 9.94. The Balaban J connectivity index is 3.19. The minimum atomic E-state index is 0.143. The first-order chi connectivity index (χ1) is 8.88. The molecule has 0 aromatic carbocycles. The Morgan fingerprint density at radius 3 is 2.26 bits per heavy atom. The number of likely N-dealkylation sites (N-methyl/N-ethyl adjacent to an activating group) is 1. The highest BCUT2D eigenvalue weighted by Crippen LogP contribution is 2.35. The van der Waals surface area contributed by atoms with Crippen molar-refractivity contribution in [1.82, 2.24) is 4.90 Å². The van der Waals surface area contributed by atoms with E-state index in [-0.39, 0.29) is 11.6 Å². The van der Waals surface area contributed by atoms with Crippen LogP contribution in [0.2, 0.25) is 0 Å². The summed E-state index contributed by atoms with van der Waals surface area (Å²) < 4.78 is 0. The van der Waals surface area contributed by atoms with Crippen molar-refractivity contribution in [3.05, 3.63) is 22.4 Å².